The summed E-state index contributed by atoms with van der Waals surface area (Å²) in [7, 11) is 0. The van der Waals surface area contributed by atoms with E-state index in [9.17, 15) is 32.7 Å². The largest absolute Gasteiger partial charge is 0.490 e. The van der Waals surface area contributed by atoms with E-state index in [0.29, 0.717) is 35.7 Å². The van der Waals surface area contributed by atoms with Gasteiger partial charge in [0.15, 0.2) is 11.0 Å². The van der Waals surface area contributed by atoms with E-state index in [1.54, 1.807) is 18.2 Å². The molecule has 4 heterocycles. The fourth-order valence-electron chi connectivity index (χ4n) is 3.28. The molecule has 0 bridgehead atoms. The number of carboxylic acids is 2. The minimum Gasteiger partial charge on any atom is -0.477 e. The van der Waals surface area contributed by atoms with Crippen molar-refractivity contribution in [1.29, 1.82) is 0 Å². The fourth-order valence-corrected chi connectivity index (χ4v) is 4.63. The molecular weight excluding hydrogens is 507 g/mol. The van der Waals surface area contributed by atoms with Crippen LogP contribution in [0.1, 0.15) is 6.42 Å². The molecule has 4 N–H and O–H groups in total. The van der Waals surface area contributed by atoms with Crippen LogP contribution in [0.2, 0.25) is 5.15 Å². The topological polar surface area (TPSA) is 167 Å². The number of amides is 2. The predicted molar refractivity (Wildman–Crippen MR) is 112 cm³/mol. The Morgan fingerprint density at radius 3 is 2.41 bits per heavy atom. The number of anilines is 1. The zero-order valence-electron chi connectivity index (χ0n) is 16.8. The summed E-state index contributed by atoms with van der Waals surface area (Å²) < 4.78 is 31.7. The molecule has 0 radical (unpaired) electrons. The molecule has 16 heteroatoms. The van der Waals surface area contributed by atoms with Gasteiger partial charge >= 0.3 is 18.1 Å². The summed E-state index contributed by atoms with van der Waals surface area (Å²) in [5, 5.41) is 24.2. The SMILES string of the molecule is N[C@@H]1C(=O)N2C(C(=O)O)=C(/C=C3\CCN(c4ccc(Cl)nn4)C3=O)CS[C@H]12.O=C(O)C(F)(F)F. The summed E-state index contributed by atoms with van der Waals surface area (Å²) >= 11 is 7.11. The van der Waals surface area contributed by atoms with Gasteiger partial charge in [0.2, 0.25) is 5.91 Å². The number of fused-ring (bicyclic) bond motifs is 1. The molecule has 0 aromatic carbocycles. The third kappa shape index (κ3) is 5.00. The molecular formula is C18H15ClF3N5O6S. The predicted octanol–water partition coefficient (Wildman–Crippen LogP) is 1.01. The first kappa shape index (κ1) is 25.5. The molecule has 4 rings (SSSR count). The van der Waals surface area contributed by atoms with Gasteiger partial charge < -0.3 is 15.9 Å². The van der Waals surface area contributed by atoms with Gasteiger partial charge in [0.05, 0.1) is 0 Å². The molecule has 0 aliphatic carbocycles. The Morgan fingerprint density at radius 2 is 1.88 bits per heavy atom. The number of carbonyl (C=O) groups excluding carboxylic acids is 2. The maximum absolute atomic E-state index is 12.7. The zero-order chi connectivity index (χ0) is 25.4. The molecule has 0 unspecified atom stereocenters. The van der Waals surface area contributed by atoms with Gasteiger partial charge in [-0.3, -0.25) is 19.4 Å². The van der Waals surface area contributed by atoms with E-state index in [-0.39, 0.29) is 22.1 Å². The lowest BCUT2D eigenvalue weighted by Crippen LogP contribution is -2.68. The molecule has 1 aromatic heterocycles. The molecule has 0 saturated carbocycles. The van der Waals surface area contributed by atoms with Gasteiger partial charge in [-0.25, -0.2) is 9.59 Å². The number of aliphatic carboxylic acids is 2. The van der Waals surface area contributed by atoms with Gasteiger partial charge in [0, 0.05) is 17.9 Å². The number of carboxylic acid groups (broad SMARTS) is 2. The molecule has 1 aromatic rings. The van der Waals surface area contributed by atoms with Crippen LogP contribution in [0, 0.1) is 0 Å². The monoisotopic (exact) mass is 521 g/mol. The van der Waals surface area contributed by atoms with Crippen molar-refractivity contribution in [3.8, 4) is 0 Å². The van der Waals surface area contributed by atoms with E-state index in [0.717, 1.165) is 0 Å². The van der Waals surface area contributed by atoms with Crippen molar-refractivity contribution < 1.29 is 42.6 Å². The first-order chi connectivity index (χ1) is 15.8. The van der Waals surface area contributed by atoms with Gasteiger partial charge in [-0.15, -0.1) is 22.0 Å². The molecule has 3 aliphatic heterocycles. The molecule has 182 valence electrons. The van der Waals surface area contributed by atoms with Crippen molar-refractivity contribution >= 4 is 52.9 Å². The van der Waals surface area contributed by atoms with Gasteiger partial charge in [0.25, 0.3) is 5.91 Å². The number of β-lactam (4-membered cyclic amide) rings is 1. The van der Waals surface area contributed by atoms with E-state index < -0.39 is 30.1 Å². The highest BCUT2D eigenvalue weighted by Gasteiger charge is 2.51. The average molecular weight is 522 g/mol. The quantitative estimate of drug-likeness (QED) is 0.385. The van der Waals surface area contributed by atoms with Crippen LogP contribution < -0.4 is 10.6 Å². The highest BCUT2D eigenvalue weighted by molar-refractivity contribution is 8.00. The summed E-state index contributed by atoms with van der Waals surface area (Å²) in [6.45, 7) is 0.403. The molecule has 2 saturated heterocycles. The Labute approximate surface area is 198 Å². The van der Waals surface area contributed by atoms with Crippen molar-refractivity contribution in [2.24, 2.45) is 5.73 Å². The number of halogens is 4. The van der Waals surface area contributed by atoms with Crippen LogP contribution in [-0.2, 0) is 19.2 Å². The summed E-state index contributed by atoms with van der Waals surface area (Å²) in [5.41, 5.74) is 6.52. The first-order valence-corrected chi connectivity index (χ1v) is 10.7. The Hall–Kier alpha value is -3.17. The Morgan fingerprint density at radius 1 is 1.24 bits per heavy atom. The number of nitrogens with zero attached hydrogens (tertiary/aromatic N) is 4. The third-order valence-electron chi connectivity index (χ3n) is 4.85. The molecule has 2 fully saturated rings. The lowest BCUT2D eigenvalue weighted by Gasteiger charge is -2.47. The minimum atomic E-state index is -5.08. The smallest absolute Gasteiger partial charge is 0.477 e. The van der Waals surface area contributed by atoms with Crippen molar-refractivity contribution in [1.82, 2.24) is 15.1 Å². The normalized spacial score (nSPS) is 23.4. The number of nitrogens with two attached hydrogens (primary N) is 1. The number of rotatable bonds is 3. The van der Waals surface area contributed by atoms with Crippen LogP contribution in [0.4, 0.5) is 19.0 Å². The summed E-state index contributed by atoms with van der Waals surface area (Å²) in [6, 6.07) is 2.45. The van der Waals surface area contributed by atoms with Crippen molar-refractivity contribution in [2.45, 2.75) is 24.0 Å². The Kier molecular flexibility index (Phi) is 7.18. The van der Waals surface area contributed by atoms with Gasteiger partial charge in [0.1, 0.15) is 17.1 Å². The highest BCUT2D eigenvalue weighted by Crippen LogP contribution is 2.40. The number of hydrogen-bond donors (Lipinski definition) is 3. The second-order valence-electron chi connectivity index (χ2n) is 7.01. The Bertz CT molecular complexity index is 1110. The number of hydrogen-bond acceptors (Lipinski definition) is 8. The first-order valence-electron chi connectivity index (χ1n) is 9.31. The molecule has 2 atom stereocenters. The number of allylic oxidation sites excluding steroid dienone is 1. The number of carbonyl (C=O) groups is 4. The van der Waals surface area contributed by atoms with Crippen LogP contribution in [0.15, 0.2) is 35.1 Å². The van der Waals surface area contributed by atoms with Crippen LogP contribution in [0.5, 0.6) is 0 Å². The van der Waals surface area contributed by atoms with E-state index in [1.165, 1.54) is 21.6 Å². The Balaban J connectivity index is 0.000000406. The van der Waals surface area contributed by atoms with E-state index in [4.69, 9.17) is 27.2 Å². The summed E-state index contributed by atoms with van der Waals surface area (Å²) in [5.74, 6) is -3.92. The molecule has 2 amide bonds. The van der Waals surface area contributed by atoms with E-state index >= 15 is 0 Å². The standard InChI is InChI=1S/C16H14ClN5O4S.C2HF3O2/c17-9-1-2-10(20-19-9)21-4-3-7(13(21)23)5-8-6-27-15-11(18)14(24)22(15)12(8)16(25)26;3-2(4,5)1(6)7/h1-2,5,11,15H,3-4,6,18H2,(H,25,26);(H,6,7)/b7-5+;/t11-,15-;/m1./s1. The molecule has 3 aliphatic rings. The molecule has 34 heavy (non-hydrogen) atoms. The van der Waals surface area contributed by atoms with Crippen LogP contribution >= 0.6 is 23.4 Å². The maximum Gasteiger partial charge on any atom is 0.490 e. The van der Waals surface area contributed by atoms with E-state index in [1.807, 2.05) is 0 Å². The lowest BCUT2D eigenvalue weighted by atomic mass is 10.0. The third-order valence-corrected chi connectivity index (χ3v) is 6.38. The summed E-state index contributed by atoms with van der Waals surface area (Å²) in [4.78, 5) is 48.0. The number of thioether (sulfide) groups is 1. The van der Waals surface area contributed by atoms with Crippen molar-refractivity contribution in [2.75, 3.05) is 17.2 Å². The zero-order valence-corrected chi connectivity index (χ0v) is 18.4. The summed E-state index contributed by atoms with van der Waals surface area (Å²) in [6.07, 6.45) is -3.09. The molecule has 11 nitrogen and oxygen atoms in total. The number of alkyl halides is 3. The lowest BCUT2D eigenvalue weighted by molar-refractivity contribution is -0.192. The van der Waals surface area contributed by atoms with Gasteiger partial charge in [-0.05, 0) is 30.2 Å². The maximum atomic E-state index is 12.7. The fraction of sp³-hybridized carbons (Fsp3) is 0.333. The average Bonchev–Trinajstić information content (AvgIpc) is 3.13. The molecule has 0 spiro atoms. The van der Waals surface area contributed by atoms with Gasteiger partial charge in [-0.1, -0.05) is 11.6 Å². The van der Waals surface area contributed by atoms with Crippen LogP contribution in [0.25, 0.3) is 0 Å². The van der Waals surface area contributed by atoms with Crippen molar-refractivity contribution in [3.63, 3.8) is 0 Å². The minimum absolute atomic E-state index is 0.101. The van der Waals surface area contributed by atoms with Crippen LogP contribution in [0.3, 0.4) is 0 Å². The highest BCUT2D eigenvalue weighted by atomic mass is 35.5. The van der Waals surface area contributed by atoms with Gasteiger partial charge in [-0.2, -0.15) is 13.2 Å². The number of aromatic nitrogens is 2. The van der Waals surface area contributed by atoms with E-state index in [2.05, 4.69) is 10.2 Å². The van der Waals surface area contributed by atoms with Crippen molar-refractivity contribution in [3.05, 3.63) is 40.2 Å². The van der Waals surface area contributed by atoms with Crippen LogP contribution in [-0.4, -0.2) is 79.0 Å². The second kappa shape index (κ2) is 9.60. The second-order valence-corrected chi connectivity index (χ2v) is 8.50.